The standard InChI is InChI=1S/C12H20N2OS/c1-3-13-9(2)7-10-8-16-12(14-10)11-5-4-6-15-11/h8-9,11,13H,3-7H2,1-2H3. The van der Waals surface area contributed by atoms with E-state index in [-0.39, 0.29) is 6.10 Å². The molecule has 1 aromatic heterocycles. The molecule has 1 aliphatic heterocycles. The summed E-state index contributed by atoms with van der Waals surface area (Å²) in [4.78, 5) is 4.67. The molecule has 2 unspecified atom stereocenters. The highest BCUT2D eigenvalue weighted by atomic mass is 32.1. The number of nitrogens with one attached hydrogen (secondary N) is 1. The van der Waals surface area contributed by atoms with Gasteiger partial charge in [-0.2, -0.15) is 0 Å². The number of nitrogens with zero attached hydrogens (tertiary/aromatic N) is 1. The van der Waals surface area contributed by atoms with Crippen LogP contribution in [-0.4, -0.2) is 24.2 Å². The molecule has 3 nitrogen and oxygen atoms in total. The molecule has 0 bridgehead atoms. The van der Waals surface area contributed by atoms with E-state index in [9.17, 15) is 0 Å². The Hall–Kier alpha value is -0.450. The molecular weight excluding hydrogens is 220 g/mol. The maximum atomic E-state index is 5.64. The van der Waals surface area contributed by atoms with Gasteiger partial charge in [0.1, 0.15) is 11.1 Å². The molecular formula is C12H20N2OS. The summed E-state index contributed by atoms with van der Waals surface area (Å²) >= 11 is 1.74. The average molecular weight is 240 g/mol. The van der Waals surface area contributed by atoms with E-state index in [4.69, 9.17) is 4.74 Å². The predicted molar refractivity (Wildman–Crippen MR) is 66.9 cm³/mol. The minimum absolute atomic E-state index is 0.271. The Labute approximate surface area is 101 Å². The fraction of sp³-hybridized carbons (Fsp3) is 0.750. The first-order valence-corrected chi connectivity index (χ1v) is 6.97. The first-order valence-electron chi connectivity index (χ1n) is 6.09. The molecule has 0 aliphatic carbocycles. The van der Waals surface area contributed by atoms with Gasteiger partial charge in [-0.15, -0.1) is 11.3 Å². The third-order valence-electron chi connectivity index (χ3n) is 2.84. The summed E-state index contributed by atoms with van der Waals surface area (Å²) in [6.45, 7) is 6.25. The Morgan fingerprint density at radius 3 is 3.25 bits per heavy atom. The van der Waals surface area contributed by atoms with E-state index in [1.807, 2.05) is 0 Å². The topological polar surface area (TPSA) is 34.1 Å². The fourth-order valence-corrected chi connectivity index (χ4v) is 2.98. The van der Waals surface area contributed by atoms with Gasteiger partial charge in [-0.3, -0.25) is 0 Å². The monoisotopic (exact) mass is 240 g/mol. The Morgan fingerprint density at radius 2 is 2.56 bits per heavy atom. The summed E-state index contributed by atoms with van der Waals surface area (Å²) in [6, 6.07) is 0.504. The normalized spacial score (nSPS) is 22.5. The largest absolute Gasteiger partial charge is 0.371 e. The number of likely N-dealkylation sites (N-methyl/N-ethyl adjacent to an activating group) is 1. The van der Waals surface area contributed by atoms with Crippen LogP contribution in [0.2, 0.25) is 0 Å². The highest BCUT2D eigenvalue weighted by molar-refractivity contribution is 7.09. The van der Waals surface area contributed by atoms with Gasteiger partial charge in [-0.05, 0) is 26.3 Å². The molecule has 0 saturated carbocycles. The molecule has 90 valence electrons. The molecule has 1 N–H and O–H groups in total. The van der Waals surface area contributed by atoms with Gasteiger partial charge in [0.15, 0.2) is 0 Å². The van der Waals surface area contributed by atoms with E-state index in [1.165, 1.54) is 12.1 Å². The molecule has 2 atom stereocenters. The van der Waals surface area contributed by atoms with Crippen LogP contribution < -0.4 is 5.32 Å². The number of ether oxygens (including phenoxy) is 1. The van der Waals surface area contributed by atoms with Gasteiger partial charge in [0.05, 0.1) is 5.69 Å². The van der Waals surface area contributed by atoms with E-state index in [0.717, 1.165) is 31.0 Å². The quantitative estimate of drug-likeness (QED) is 0.859. The van der Waals surface area contributed by atoms with E-state index >= 15 is 0 Å². The van der Waals surface area contributed by atoms with Crippen molar-refractivity contribution >= 4 is 11.3 Å². The van der Waals surface area contributed by atoms with E-state index < -0.39 is 0 Å². The number of hydrogen-bond donors (Lipinski definition) is 1. The second kappa shape index (κ2) is 5.75. The molecule has 1 fully saturated rings. The van der Waals surface area contributed by atoms with Crippen molar-refractivity contribution in [3.8, 4) is 0 Å². The summed E-state index contributed by atoms with van der Waals surface area (Å²) in [5, 5.41) is 6.74. The van der Waals surface area contributed by atoms with Crippen LogP contribution in [0, 0.1) is 0 Å². The zero-order valence-corrected chi connectivity index (χ0v) is 10.8. The minimum Gasteiger partial charge on any atom is -0.371 e. The molecule has 1 saturated heterocycles. The molecule has 2 heterocycles. The summed E-state index contributed by atoms with van der Waals surface area (Å²) in [5.41, 5.74) is 1.20. The molecule has 0 amide bonds. The average Bonchev–Trinajstić information content (AvgIpc) is 2.86. The molecule has 4 heteroatoms. The van der Waals surface area contributed by atoms with E-state index in [2.05, 4.69) is 29.5 Å². The van der Waals surface area contributed by atoms with Gasteiger partial charge in [0.25, 0.3) is 0 Å². The lowest BCUT2D eigenvalue weighted by Gasteiger charge is -2.09. The van der Waals surface area contributed by atoms with Crippen molar-refractivity contribution in [1.29, 1.82) is 0 Å². The van der Waals surface area contributed by atoms with Crippen molar-refractivity contribution in [1.82, 2.24) is 10.3 Å². The lowest BCUT2D eigenvalue weighted by atomic mass is 10.2. The van der Waals surface area contributed by atoms with Crippen molar-refractivity contribution in [2.45, 2.75) is 45.3 Å². The van der Waals surface area contributed by atoms with Crippen molar-refractivity contribution < 1.29 is 4.74 Å². The van der Waals surface area contributed by atoms with Gasteiger partial charge >= 0.3 is 0 Å². The van der Waals surface area contributed by atoms with E-state index in [1.54, 1.807) is 11.3 Å². The van der Waals surface area contributed by atoms with Crippen LogP contribution in [0.25, 0.3) is 0 Å². The van der Waals surface area contributed by atoms with E-state index in [0.29, 0.717) is 6.04 Å². The Bertz CT molecular complexity index is 321. The zero-order chi connectivity index (χ0) is 11.4. The van der Waals surface area contributed by atoms with Crippen LogP contribution in [-0.2, 0) is 11.2 Å². The Balaban J connectivity index is 1.91. The van der Waals surface area contributed by atoms with Gasteiger partial charge in [-0.1, -0.05) is 6.92 Å². The van der Waals surface area contributed by atoms with Gasteiger partial charge in [0.2, 0.25) is 0 Å². The molecule has 1 aromatic rings. The zero-order valence-electron chi connectivity index (χ0n) is 10.0. The Morgan fingerprint density at radius 1 is 1.69 bits per heavy atom. The molecule has 1 aliphatic rings. The highest BCUT2D eigenvalue weighted by Gasteiger charge is 2.21. The molecule has 0 spiro atoms. The van der Waals surface area contributed by atoms with Crippen LogP contribution in [0.5, 0.6) is 0 Å². The summed E-state index contributed by atoms with van der Waals surface area (Å²) < 4.78 is 5.64. The fourth-order valence-electron chi connectivity index (χ4n) is 2.07. The molecule has 2 rings (SSSR count). The van der Waals surface area contributed by atoms with Gasteiger partial charge < -0.3 is 10.1 Å². The maximum absolute atomic E-state index is 5.64. The number of hydrogen-bond acceptors (Lipinski definition) is 4. The lowest BCUT2D eigenvalue weighted by Crippen LogP contribution is -2.27. The summed E-state index contributed by atoms with van der Waals surface area (Å²) in [6.07, 6.45) is 3.59. The van der Waals surface area contributed by atoms with Crippen molar-refractivity contribution in [2.75, 3.05) is 13.2 Å². The third kappa shape index (κ3) is 3.03. The van der Waals surface area contributed by atoms with Crippen LogP contribution in [0.4, 0.5) is 0 Å². The summed E-state index contributed by atoms with van der Waals surface area (Å²) in [5.74, 6) is 0. The number of rotatable bonds is 5. The second-order valence-electron chi connectivity index (χ2n) is 4.34. The first-order chi connectivity index (χ1) is 7.79. The minimum atomic E-state index is 0.271. The van der Waals surface area contributed by atoms with Crippen LogP contribution in [0.15, 0.2) is 5.38 Å². The van der Waals surface area contributed by atoms with Crippen LogP contribution in [0.3, 0.4) is 0 Å². The lowest BCUT2D eigenvalue weighted by molar-refractivity contribution is 0.111. The molecule has 0 radical (unpaired) electrons. The number of aromatic nitrogens is 1. The summed E-state index contributed by atoms with van der Waals surface area (Å²) in [7, 11) is 0. The second-order valence-corrected chi connectivity index (χ2v) is 5.23. The van der Waals surface area contributed by atoms with Gasteiger partial charge in [-0.25, -0.2) is 4.98 Å². The molecule has 16 heavy (non-hydrogen) atoms. The van der Waals surface area contributed by atoms with Crippen LogP contribution >= 0.6 is 11.3 Å². The Kier molecular flexibility index (Phi) is 4.32. The van der Waals surface area contributed by atoms with Gasteiger partial charge in [0, 0.05) is 24.4 Å². The third-order valence-corrected chi connectivity index (χ3v) is 3.83. The van der Waals surface area contributed by atoms with Crippen LogP contribution in [0.1, 0.15) is 43.5 Å². The maximum Gasteiger partial charge on any atom is 0.122 e. The first kappa shape index (κ1) is 12.0. The van der Waals surface area contributed by atoms with Crippen molar-refractivity contribution in [3.05, 3.63) is 16.1 Å². The van der Waals surface area contributed by atoms with Crippen molar-refractivity contribution in [3.63, 3.8) is 0 Å². The van der Waals surface area contributed by atoms with Crippen molar-refractivity contribution in [2.24, 2.45) is 0 Å². The SMILES string of the molecule is CCNC(C)Cc1csc(C2CCCO2)n1. The number of thiazole rings is 1. The predicted octanol–water partition coefficient (Wildman–Crippen LogP) is 2.54. The smallest absolute Gasteiger partial charge is 0.122 e. The molecule has 0 aromatic carbocycles. The highest BCUT2D eigenvalue weighted by Crippen LogP contribution is 2.30.